The number of hydrogen-bond acceptors (Lipinski definition) is 5. The molecule has 0 saturated carbocycles. The molecule has 2 N–H and O–H groups in total. The van der Waals surface area contributed by atoms with Gasteiger partial charge in [0, 0.05) is 37.5 Å². The predicted octanol–water partition coefficient (Wildman–Crippen LogP) is 3.28. The summed E-state index contributed by atoms with van der Waals surface area (Å²) in [5.74, 6) is -0.285. The number of carbonyl (C=O) groups is 3. The molecule has 186 valence electrons. The number of hydrogen-bond donors (Lipinski definition) is 2. The summed E-state index contributed by atoms with van der Waals surface area (Å²) < 4.78 is 11.2. The standard InChI is InChI=1S/C27H33N3O5/c1-17-11-18(2)26(19(3)12-17)29-24(31)16-35-22-8-6-21(7-9-22)30-15-20(13-25(30)32)27(33)28-14-23-5-4-10-34-23/h6-9,11-12,20,23H,4-5,10,13-16H2,1-3H3,(H,28,33)(H,29,31)/t20-,23-/m0/s1. The quantitative estimate of drug-likeness (QED) is 0.606. The number of anilines is 2. The summed E-state index contributed by atoms with van der Waals surface area (Å²) >= 11 is 0. The molecule has 0 unspecified atom stereocenters. The van der Waals surface area contributed by atoms with Gasteiger partial charge in [0.2, 0.25) is 11.8 Å². The maximum atomic E-state index is 12.5. The molecule has 2 saturated heterocycles. The van der Waals surface area contributed by atoms with Gasteiger partial charge in [-0.05, 0) is 69.0 Å². The molecule has 8 nitrogen and oxygen atoms in total. The largest absolute Gasteiger partial charge is 0.484 e. The highest BCUT2D eigenvalue weighted by Crippen LogP contribution is 2.27. The molecule has 3 amide bonds. The molecule has 2 atom stereocenters. The van der Waals surface area contributed by atoms with Gasteiger partial charge in [0.05, 0.1) is 12.0 Å². The van der Waals surface area contributed by atoms with Gasteiger partial charge < -0.3 is 25.0 Å². The lowest BCUT2D eigenvalue weighted by atomic mass is 10.1. The number of ether oxygens (including phenoxy) is 2. The molecule has 2 aromatic rings. The van der Waals surface area contributed by atoms with Crippen LogP contribution in [0.2, 0.25) is 0 Å². The lowest BCUT2D eigenvalue weighted by molar-refractivity contribution is -0.126. The normalized spacial score (nSPS) is 19.6. The molecular formula is C27H33N3O5. The lowest BCUT2D eigenvalue weighted by Gasteiger charge is -2.18. The number of aryl methyl sites for hydroxylation is 3. The highest BCUT2D eigenvalue weighted by molar-refractivity contribution is 6.00. The first-order valence-corrected chi connectivity index (χ1v) is 12.1. The fourth-order valence-electron chi connectivity index (χ4n) is 4.72. The van der Waals surface area contributed by atoms with Crippen molar-refractivity contribution in [2.24, 2.45) is 5.92 Å². The highest BCUT2D eigenvalue weighted by Gasteiger charge is 2.35. The minimum Gasteiger partial charge on any atom is -0.484 e. The van der Waals surface area contributed by atoms with Crippen LogP contribution >= 0.6 is 0 Å². The Morgan fingerprint density at radius 2 is 1.83 bits per heavy atom. The maximum Gasteiger partial charge on any atom is 0.262 e. The fraction of sp³-hybridized carbons (Fsp3) is 0.444. The van der Waals surface area contributed by atoms with E-state index >= 15 is 0 Å². The van der Waals surface area contributed by atoms with E-state index < -0.39 is 0 Å². The van der Waals surface area contributed by atoms with Crippen LogP contribution in [0, 0.1) is 26.7 Å². The zero-order valence-electron chi connectivity index (χ0n) is 20.6. The number of nitrogens with one attached hydrogen (secondary N) is 2. The van der Waals surface area contributed by atoms with Crippen molar-refractivity contribution in [1.82, 2.24) is 5.32 Å². The SMILES string of the molecule is Cc1cc(C)c(NC(=O)COc2ccc(N3C[C@@H](C(=O)NC[C@@H]4CCCO4)CC3=O)cc2)c(C)c1. The number of carbonyl (C=O) groups excluding carboxylic acids is 3. The van der Waals surface area contributed by atoms with Gasteiger partial charge in [0.15, 0.2) is 6.61 Å². The van der Waals surface area contributed by atoms with E-state index in [1.807, 2.05) is 32.9 Å². The summed E-state index contributed by atoms with van der Waals surface area (Å²) in [5.41, 5.74) is 4.67. The van der Waals surface area contributed by atoms with Gasteiger partial charge in [-0.25, -0.2) is 0 Å². The van der Waals surface area contributed by atoms with Crippen molar-refractivity contribution >= 4 is 29.1 Å². The molecule has 2 aliphatic rings. The lowest BCUT2D eigenvalue weighted by Crippen LogP contribution is -2.37. The van der Waals surface area contributed by atoms with Crippen LogP contribution in [0.25, 0.3) is 0 Å². The number of rotatable bonds is 8. The zero-order chi connectivity index (χ0) is 24.9. The maximum absolute atomic E-state index is 12.5. The Morgan fingerprint density at radius 3 is 2.49 bits per heavy atom. The molecule has 2 fully saturated rings. The van der Waals surface area contributed by atoms with Crippen molar-refractivity contribution in [3.8, 4) is 5.75 Å². The van der Waals surface area contributed by atoms with Crippen LogP contribution in [0.1, 0.15) is 36.0 Å². The van der Waals surface area contributed by atoms with Crippen LogP contribution in [0.5, 0.6) is 5.75 Å². The third-order valence-corrected chi connectivity index (χ3v) is 6.48. The van der Waals surface area contributed by atoms with Gasteiger partial charge in [-0.2, -0.15) is 0 Å². The number of amides is 3. The van der Waals surface area contributed by atoms with Gasteiger partial charge in [-0.15, -0.1) is 0 Å². The summed E-state index contributed by atoms with van der Waals surface area (Å²) in [7, 11) is 0. The average Bonchev–Trinajstić information content (AvgIpc) is 3.48. The van der Waals surface area contributed by atoms with Crippen molar-refractivity contribution in [2.45, 2.75) is 46.1 Å². The van der Waals surface area contributed by atoms with Crippen molar-refractivity contribution in [3.63, 3.8) is 0 Å². The van der Waals surface area contributed by atoms with Crippen LogP contribution in [0.4, 0.5) is 11.4 Å². The minimum absolute atomic E-state index is 0.0757. The summed E-state index contributed by atoms with van der Waals surface area (Å²) in [6, 6.07) is 11.0. The second kappa shape index (κ2) is 10.9. The Balaban J connectivity index is 1.27. The van der Waals surface area contributed by atoms with Crippen molar-refractivity contribution in [2.75, 3.05) is 36.5 Å². The third-order valence-electron chi connectivity index (χ3n) is 6.48. The summed E-state index contributed by atoms with van der Waals surface area (Å²) in [6.45, 7) is 7.41. The van der Waals surface area contributed by atoms with E-state index in [4.69, 9.17) is 9.47 Å². The highest BCUT2D eigenvalue weighted by atomic mass is 16.5. The Kier molecular flexibility index (Phi) is 7.70. The first-order chi connectivity index (χ1) is 16.8. The van der Waals surface area contributed by atoms with E-state index in [2.05, 4.69) is 10.6 Å². The Bertz CT molecular complexity index is 1070. The fourth-order valence-corrected chi connectivity index (χ4v) is 4.72. The first kappa shape index (κ1) is 24.7. The Morgan fingerprint density at radius 1 is 1.11 bits per heavy atom. The van der Waals surface area contributed by atoms with E-state index in [1.165, 1.54) is 0 Å². The molecule has 0 aliphatic carbocycles. The summed E-state index contributed by atoms with van der Waals surface area (Å²) in [6.07, 6.45) is 2.24. The molecule has 2 aliphatic heterocycles. The third kappa shape index (κ3) is 6.19. The molecule has 0 bridgehead atoms. The first-order valence-electron chi connectivity index (χ1n) is 12.1. The second-order valence-electron chi connectivity index (χ2n) is 9.39. The average molecular weight is 480 g/mol. The van der Waals surface area contributed by atoms with Crippen LogP contribution in [0.15, 0.2) is 36.4 Å². The summed E-state index contributed by atoms with van der Waals surface area (Å²) in [4.78, 5) is 39.1. The molecule has 0 radical (unpaired) electrons. The van der Waals surface area contributed by atoms with Crippen molar-refractivity contribution < 1.29 is 23.9 Å². The minimum atomic E-state index is -0.378. The van der Waals surface area contributed by atoms with E-state index in [-0.39, 0.29) is 42.8 Å². The molecule has 2 heterocycles. The van der Waals surface area contributed by atoms with Crippen LogP contribution in [0.3, 0.4) is 0 Å². The molecule has 35 heavy (non-hydrogen) atoms. The molecular weight excluding hydrogens is 446 g/mol. The van der Waals surface area contributed by atoms with Crippen LogP contribution in [-0.4, -0.2) is 50.1 Å². The Hall–Kier alpha value is -3.39. The van der Waals surface area contributed by atoms with Gasteiger partial charge in [0.1, 0.15) is 5.75 Å². The van der Waals surface area contributed by atoms with Gasteiger partial charge in [-0.1, -0.05) is 17.7 Å². The molecule has 4 rings (SSSR count). The smallest absolute Gasteiger partial charge is 0.262 e. The predicted molar refractivity (Wildman–Crippen MR) is 134 cm³/mol. The topological polar surface area (TPSA) is 97.0 Å². The van der Waals surface area contributed by atoms with Crippen molar-refractivity contribution in [3.05, 3.63) is 53.1 Å². The van der Waals surface area contributed by atoms with E-state index in [9.17, 15) is 14.4 Å². The number of nitrogens with zero attached hydrogens (tertiary/aromatic N) is 1. The van der Waals surface area contributed by atoms with Crippen molar-refractivity contribution in [1.29, 1.82) is 0 Å². The van der Waals surface area contributed by atoms with Gasteiger partial charge in [0.25, 0.3) is 5.91 Å². The van der Waals surface area contributed by atoms with E-state index in [1.54, 1.807) is 29.2 Å². The summed E-state index contributed by atoms with van der Waals surface area (Å²) in [5, 5.41) is 5.84. The monoisotopic (exact) mass is 479 g/mol. The van der Waals surface area contributed by atoms with E-state index in [0.717, 1.165) is 41.8 Å². The van der Waals surface area contributed by atoms with E-state index in [0.29, 0.717) is 24.5 Å². The van der Waals surface area contributed by atoms with Gasteiger partial charge >= 0.3 is 0 Å². The second-order valence-corrected chi connectivity index (χ2v) is 9.39. The van der Waals surface area contributed by atoms with Crippen LogP contribution < -0.4 is 20.3 Å². The Labute approximate surface area is 206 Å². The zero-order valence-corrected chi connectivity index (χ0v) is 20.6. The molecule has 8 heteroatoms. The molecule has 0 aromatic heterocycles. The van der Waals surface area contributed by atoms with Crippen LogP contribution in [-0.2, 0) is 19.1 Å². The van der Waals surface area contributed by atoms with Gasteiger partial charge in [-0.3, -0.25) is 14.4 Å². The molecule has 2 aromatic carbocycles. The molecule has 0 spiro atoms. The number of benzene rings is 2.